The largest absolute Gasteiger partial charge is 0.388 e. The van der Waals surface area contributed by atoms with E-state index in [0.717, 1.165) is 35.6 Å². The van der Waals surface area contributed by atoms with Crippen LogP contribution in [0.5, 0.6) is 0 Å². The minimum absolute atomic E-state index is 0.0986. The fraction of sp³-hybridized carbons (Fsp3) is 0.444. The highest BCUT2D eigenvalue weighted by Gasteiger charge is 2.55. The number of ether oxygens (including phenoxy) is 1. The van der Waals surface area contributed by atoms with Gasteiger partial charge in [-0.2, -0.15) is 0 Å². The summed E-state index contributed by atoms with van der Waals surface area (Å²) < 4.78 is 5.99. The van der Waals surface area contributed by atoms with Gasteiger partial charge in [-0.3, -0.25) is 0 Å². The average molecular weight is 283 g/mol. The molecule has 2 aromatic carbocycles. The first-order chi connectivity index (χ1) is 10.2. The van der Waals surface area contributed by atoms with Crippen molar-refractivity contribution in [3.63, 3.8) is 0 Å². The molecule has 4 unspecified atom stereocenters. The van der Waals surface area contributed by atoms with E-state index in [1.54, 1.807) is 0 Å². The quantitative estimate of drug-likeness (QED) is 0.910. The molecule has 0 aromatic heterocycles. The predicted octanol–water partition coefficient (Wildman–Crippen LogP) is 2.77. The summed E-state index contributed by atoms with van der Waals surface area (Å²) >= 11 is 0. The number of aliphatic hydroxyl groups excluding tert-OH is 1. The summed E-state index contributed by atoms with van der Waals surface area (Å²) in [5.41, 5.74) is 6.75. The molecule has 3 heteroatoms. The second-order valence-electron chi connectivity index (χ2n) is 6.44. The average Bonchev–Trinajstić information content (AvgIpc) is 3.15. The van der Waals surface area contributed by atoms with Crippen molar-refractivity contribution in [1.29, 1.82) is 0 Å². The van der Waals surface area contributed by atoms with E-state index in [-0.39, 0.29) is 17.6 Å². The van der Waals surface area contributed by atoms with Crippen LogP contribution in [-0.2, 0) is 4.74 Å². The molecule has 2 heterocycles. The highest BCUT2D eigenvalue weighted by Crippen LogP contribution is 2.54. The lowest BCUT2D eigenvalue weighted by Crippen LogP contribution is -2.44. The van der Waals surface area contributed by atoms with E-state index in [1.807, 2.05) is 24.3 Å². The molecule has 0 amide bonds. The van der Waals surface area contributed by atoms with E-state index in [9.17, 15) is 5.11 Å². The van der Waals surface area contributed by atoms with Crippen LogP contribution in [-0.4, -0.2) is 23.9 Å². The minimum Gasteiger partial charge on any atom is -0.388 e. The third-order valence-corrected chi connectivity index (χ3v) is 5.40. The van der Waals surface area contributed by atoms with Crippen molar-refractivity contribution in [3.05, 3.63) is 48.0 Å². The summed E-state index contributed by atoms with van der Waals surface area (Å²) in [7, 11) is 0. The number of nitrogens with two attached hydrogens (primary N) is 1. The van der Waals surface area contributed by atoms with Crippen molar-refractivity contribution >= 4 is 10.8 Å². The second kappa shape index (κ2) is 4.80. The minimum atomic E-state index is -0.566. The van der Waals surface area contributed by atoms with Crippen LogP contribution in [0.3, 0.4) is 0 Å². The van der Waals surface area contributed by atoms with E-state index in [2.05, 4.69) is 18.2 Å². The van der Waals surface area contributed by atoms with Gasteiger partial charge in [-0.1, -0.05) is 42.5 Å². The Hall–Kier alpha value is -1.42. The molecular formula is C18H21NO2. The molecule has 4 atom stereocenters. The smallest absolute Gasteiger partial charge is 0.0890 e. The molecule has 0 saturated carbocycles. The van der Waals surface area contributed by atoms with Crippen LogP contribution in [0.25, 0.3) is 10.8 Å². The van der Waals surface area contributed by atoms with Gasteiger partial charge in [0.1, 0.15) is 0 Å². The summed E-state index contributed by atoms with van der Waals surface area (Å²) in [4.78, 5) is 0. The molecule has 2 bridgehead atoms. The van der Waals surface area contributed by atoms with E-state index in [1.165, 1.54) is 0 Å². The molecule has 21 heavy (non-hydrogen) atoms. The zero-order valence-corrected chi connectivity index (χ0v) is 12.0. The van der Waals surface area contributed by atoms with E-state index in [4.69, 9.17) is 10.5 Å². The maximum atomic E-state index is 11.1. The van der Waals surface area contributed by atoms with Crippen molar-refractivity contribution in [2.75, 3.05) is 6.54 Å². The number of hydrogen-bond donors (Lipinski definition) is 2. The van der Waals surface area contributed by atoms with Gasteiger partial charge in [0, 0.05) is 12.0 Å². The van der Waals surface area contributed by atoms with Crippen molar-refractivity contribution < 1.29 is 9.84 Å². The molecule has 3 N–H and O–H groups in total. The number of hydrogen-bond acceptors (Lipinski definition) is 3. The second-order valence-corrected chi connectivity index (χ2v) is 6.44. The molecule has 4 rings (SSSR count). The molecule has 0 spiro atoms. The van der Waals surface area contributed by atoms with Crippen molar-refractivity contribution in [2.24, 2.45) is 11.1 Å². The lowest BCUT2D eigenvalue weighted by atomic mass is 9.68. The van der Waals surface area contributed by atoms with Gasteiger partial charge in [-0.15, -0.1) is 0 Å². The van der Waals surface area contributed by atoms with Crippen molar-refractivity contribution in [3.8, 4) is 0 Å². The van der Waals surface area contributed by atoms with E-state index >= 15 is 0 Å². The Bertz CT molecular complexity index is 666. The first kappa shape index (κ1) is 13.3. The SMILES string of the molecule is NCC1(C(O)c2cccc3ccccc23)CC2CCC1O2. The lowest BCUT2D eigenvalue weighted by Gasteiger charge is -2.39. The van der Waals surface area contributed by atoms with Gasteiger partial charge in [0.15, 0.2) is 0 Å². The van der Waals surface area contributed by atoms with Gasteiger partial charge in [-0.25, -0.2) is 0 Å². The summed E-state index contributed by atoms with van der Waals surface area (Å²) in [6.07, 6.45) is 2.81. The van der Waals surface area contributed by atoms with Crippen molar-refractivity contribution in [1.82, 2.24) is 0 Å². The standard InChI is InChI=1S/C18H21NO2/c19-11-18(10-13-8-9-16(18)21-13)17(20)15-7-3-5-12-4-1-2-6-14(12)15/h1-7,13,16-17,20H,8-11,19H2. The van der Waals surface area contributed by atoms with Crippen LogP contribution >= 0.6 is 0 Å². The van der Waals surface area contributed by atoms with Crippen LogP contribution in [0.4, 0.5) is 0 Å². The maximum absolute atomic E-state index is 11.1. The van der Waals surface area contributed by atoms with Gasteiger partial charge < -0.3 is 15.6 Å². The molecule has 3 nitrogen and oxygen atoms in total. The fourth-order valence-electron chi connectivity index (χ4n) is 4.25. The molecule has 0 radical (unpaired) electrons. The molecule has 2 fully saturated rings. The summed E-state index contributed by atoms with van der Waals surface area (Å²) in [5.74, 6) is 0. The Balaban J connectivity index is 1.81. The molecule has 2 aliphatic rings. The van der Waals surface area contributed by atoms with Gasteiger partial charge in [-0.05, 0) is 35.6 Å². The highest BCUT2D eigenvalue weighted by molar-refractivity contribution is 5.86. The lowest BCUT2D eigenvalue weighted by molar-refractivity contribution is -0.0256. The zero-order valence-electron chi connectivity index (χ0n) is 12.0. The van der Waals surface area contributed by atoms with Gasteiger partial charge in [0.2, 0.25) is 0 Å². The molecule has 110 valence electrons. The Morgan fingerprint density at radius 2 is 2.00 bits per heavy atom. The molecular weight excluding hydrogens is 262 g/mol. The van der Waals surface area contributed by atoms with E-state index < -0.39 is 6.10 Å². The van der Waals surface area contributed by atoms with Gasteiger partial charge in [0.05, 0.1) is 18.3 Å². The third kappa shape index (κ3) is 1.85. The monoisotopic (exact) mass is 283 g/mol. The Labute approximate surface area is 124 Å². The summed E-state index contributed by atoms with van der Waals surface area (Å²) in [6, 6.07) is 14.3. The zero-order chi connectivity index (χ0) is 14.4. The summed E-state index contributed by atoms with van der Waals surface area (Å²) in [6.45, 7) is 0.471. The normalized spacial score (nSPS) is 32.7. The highest BCUT2D eigenvalue weighted by atomic mass is 16.5. The van der Waals surface area contributed by atoms with Crippen LogP contribution in [0.15, 0.2) is 42.5 Å². The Morgan fingerprint density at radius 1 is 1.19 bits per heavy atom. The topological polar surface area (TPSA) is 55.5 Å². The molecule has 2 saturated heterocycles. The fourth-order valence-corrected chi connectivity index (χ4v) is 4.25. The first-order valence-corrected chi connectivity index (χ1v) is 7.76. The van der Waals surface area contributed by atoms with Gasteiger partial charge >= 0.3 is 0 Å². The number of fused-ring (bicyclic) bond motifs is 3. The van der Waals surface area contributed by atoms with Crippen LogP contribution in [0.1, 0.15) is 30.9 Å². The van der Waals surface area contributed by atoms with Crippen LogP contribution < -0.4 is 5.73 Å². The Morgan fingerprint density at radius 3 is 2.71 bits per heavy atom. The number of benzene rings is 2. The molecule has 0 aliphatic carbocycles. The molecule has 2 aromatic rings. The molecule has 2 aliphatic heterocycles. The third-order valence-electron chi connectivity index (χ3n) is 5.40. The van der Waals surface area contributed by atoms with E-state index in [0.29, 0.717) is 6.54 Å². The number of aliphatic hydroxyl groups is 1. The number of rotatable bonds is 3. The maximum Gasteiger partial charge on any atom is 0.0890 e. The van der Waals surface area contributed by atoms with Gasteiger partial charge in [0.25, 0.3) is 0 Å². The summed E-state index contributed by atoms with van der Waals surface area (Å²) in [5, 5.41) is 13.4. The van der Waals surface area contributed by atoms with Crippen molar-refractivity contribution in [2.45, 2.75) is 37.6 Å². The van der Waals surface area contributed by atoms with Crippen LogP contribution in [0, 0.1) is 5.41 Å². The van der Waals surface area contributed by atoms with Crippen LogP contribution in [0.2, 0.25) is 0 Å². The first-order valence-electron chi connectivity index (χ1n) is 7.76. The predicted molar refractivity (Wildman–Crippen MR) is 82.9 cm³/mol. The Kier molecular flexibility index (Phi) is 3.03.